The van der Waals surface area contributed by atoms with E-state index < -0.39 is 41.2 Å². The van der Waals surface area contributed by atoms with Gasteiger partial charge in [0.05, 0.1) is 23.6 Å². The van der Waals surface area contributed by atoms with Crippen LogP contribution in [-0.2, 0) is 23.9 Å². The van der Waals surface area contributed by atoms with E-state index in [0.29, 0.717) is 5.69 Å². The van der Waals surface area contributed by atoms with Gasteiger partial charge in [0.2, 0.25) is 11.8 Å². The molecule has 0 saturated carbocycles. The van der Waals surface area contributed by atoms with Gasteiger partial charge >= 0.3 is 5.97 Å². The molecule has 3 heterocycles. The van der Waals surface area contributed by atoms with Crippen LogP contribution in [0.5, 0.6) is 0 Å². The van der Waals surface area contributed by atoms with Gasteiger partial charge in [0.25, 0.3) is 0 Å². The number of carbonyl (C=O) groups is 3. The second-order valence-corrected chi connectivity index (χ2v) is 6.17. The van der Waals surface area contributed by atoms with Crippen LogP contribution in [0.3, 0.4) is 0 Å². The molecule has 2 bridgehead atoms. The van der Waals surface area contributed by atoms with Gasteiger partial charge in [0.15, 0.2) is 0 Å². The minimum atomic E-state index is -1.11. The van der Waals surface area contributed by atoms with Crippen LogP contribution in [0.25, 0.3) is 0 Å². The Morgan fingerprint density at radius 3 is 2.67 bits per heavy atom. The molecule has 2 amide bonds. The number of ether oxygens (including phenoxy) is 2. The first kappa shape index (κ1) is 15.0. The number of benzene rings is 1. The topological polar surface area (TPSA) is 72.9 Å². The van der Waals surface area contributed by atoms with Crippen molar-refractivity contribution >= 4 is 23.5 Å². The Morgan fingerprint density at radius 2 is 2.00 bits per heavy atom. The standard InChI is InChI=1S/C17H14FNO5/c1-9(20)23-8-17-7-6-12(24-17)13-14(17)16(22)19(15(13)21)11-4-2-10(18)3-5-11/h2-7,12-14H,8H2,1H3/t12-,13+,14+,17-/m1/s1. The number of imide groups is 1. The molecule has 6 nitrogen and oxygen atoms in total. The predicted molar refractivity (Wildman–Crippen MR) is 79.3 cm³/mol. The molecule has 0 spiro atoms. The Labute approximate surface area is 136 Å². The molecule has 0 N–H and O–H groups in total. The van der Waals surface area contributed by atoms with E-state index in [1.165, 1.54) is 31.2 Å². The van der Waals surface area contributed by atoms with Crippen molar-refractivity contribution in [2.75, 3.05) is 11.5 Å². The number of amides is 2. The van der Waals surface area contributed by atoms with Crippen LogP contribution in [0.2, 0.25) is 0 Å². The normalized spacial score (nSPS) is 33.2. The van der Waals surface area contributed by atoms with Crippen LogP contribution in [0.4, 0.5) is 10.1 Å². The number of hydrogen-bond acceptors (Lipinski definition) is 5. The Hall–Kier alpha value is -2.54. The van der Waals surface area contributed by atoms with Crippen LogP contribution in [0.15, 0.2) is 36.4 Å². The number of rotatable bonds is 3. The molecule has 1 aromatic rings. The predicted octanol–water partition coefficient (Wildman–Crippen LogP) is 1.20. The van der Waals surface area contributed by atoms with E-state index in [9.17, 15) is 18.8 Å². The zero-order valence-corrected chi connectivity index (χ0v) is 12.8. The lowest BCUT2D eigenvalue weighted by molar-refractivity contribution is -0.150. The lowest BCUT2D eigenvalue weighted by Crippen LogP contribution is -2.44. The maximum Gasteiger partial charge on any atom is 0.302 e. The summed E-state index contributed by atoms with van der Waals surface area (Å²) in [7, 11) is 0. The van der Waals surface area contributed by atoms with Crippen LogP contribution >= 0.6 is 0 Å². The Balaban J connectivity index is 1.69. The van der Waals surface area contributed by atoms with Gasteiger partial charge in [-0.1, -0.05) is 6.08 Å². The number of esters is 1. The summed E-state index contributed by atoms with van der Waals surface area (Å²) in [4.78, 5) is 37.8. The van der Waals surface area contributed by atoms with Gasteiger partial charge in [0.1, 0.15) is 18.0 Å². The summed E-state index contributed by atoms with van der Waals surface area (Å²) in [6.07, 6.45) is 2.90. The molecule has 0 aromatic heterocycles. The molecule has 4 atom stereocenters. The molecular formula is C17H14FNO5. The number of halogens is 1. The zero-order valence-electron chi connectivity index (χ0n) is 12.8. The minimum Gasteiger partial charge on any atom is -0.462 e. The molecule has 124 valence electrons. The van der Waals surface area contributed by atoms with Crippen LogP contribution < -0.4 is 4.90 Å². The van der Waals surface area contributed by atoms with Crippen molar-refractivity contribution in [3.8, 4) is 0 Å². The van der Waals surface area contributed by atoms with Crippen molar-refractivity contribution in [2.24, 2.45) is 11.8 Å². The van der Waals surface area contributed by atoms with E-state index >= 15 is 0 Å². The second kappa shape index (κ2) is 4.98. The van der Waals surface area contributed by atoms with Gasteiger partial charge in [-0.25, -0.2) is 9.29 Å². The maximum atomic E-state index is 13.1. The van der Waals surface area contributed by atoms with E-state index in [1.54, 1.807) is 12.2 Å². The third-order valence-electron chi connectivity index (χ3n) is 4.74. The molecule has 1 aromatic carbocycles. The highest BCUT2D eigenvalue weighted by atomic mass is 19.1. The Morgan fingerprint density at radius 1 is 1.29 bits per heavy atom. The van der Waals surface area contributed by atoms with Gasteiger partial charge in [-0.15, -0.1) is 0 Å². The Kier molecular flexibility index (Phi) is 3.11. The highest BCUT2D eigenvalue weighted by molar-refractivity contribution is 6.23. The highest BCUT2D eigenvalue weighted by Crippen LogP contribution is 2.52. The van der Waals surface area contributed by atoms with E-state index in [2.05, 4.69) is 0 Å². The quantitative estimate of drug-likeness (QED) is 0.473. The summed E-state index contributed by atoms with van der Waals surface area (Å²) in [5, 5.41) is 0. The van der Waals surface area contributed by atoms with Crippen LogP contribution in [0.1, 0.15) is 6.92 Å². The first-order chi connectivity index (χ1) is 11.4. The average molecular weight is 331 g/mol. The molecule has 3 aliphatic heterocycles. The molecule has 0 radical (unpaired) electrons. The van der Waals surface area contributed by atoms with Crippen molar-refractivity contribution in [1.29, 1.82) is 0 Å². The molecular weight excluding hydrogens is 317 g/mol. The third kappa shape index (κ3) is 1.94. The SMILES string of the molecule is CC(=O)OC[C@@]12C=C[C@@H](O1)[C@@H]1C(=O)N(c3ccc(F)cc3)C(=O)[C@H]12. The largest absolute Gasteiger partial charge is 0.462 e. The van der Waals surface area contributed by atoms with Gasteiger partial charge in [0, 0.05) is 6.92 Å². The third-order valence-corrected chi connectivity index (χ3v) is 4.74. The van der Waals surface area contributed by atoms with E-state index in [1.807, 2.05) is 0 Å². The fourth-order valence-corrected chi connectivity index (χ4v) is 3.73. The molecule has 0 aliphatic carbocycles. The molecule has 24 heavy (non-hydrogen) atoms. The smallest absolute Gasteiger partial charge is 0.302 e. The summed E-state index contributed by atoms with van der Waals surface area (Å²) in [6, 6.07) is 5.17. The lowest BCUT2D eigenvalue weighted by Gasteiger charge is -2.28. The molecule has 7 heteroatoms. The van der Waals surface area contributed by atoms with Crippen LogP contribution in [-0.4, -0.2) is 36.1 Å². The van der Waals surface area contributed by atoms with Gasteiger partial charge < -0.3 is 9.47 Å². The van der Waals surface area contributed by atoms with Gasteiger partial charge in [-0.05, 0) is 30.3 Å². The summed E-state index contributed by atoms with van der Waals surface area (Å²) in [6.45, 7) is 1.15. The minimum absolute atomic E-state index is 0.118. The van der Waals surface area contributed by atoms with E-state index in [4.69, 9.17) is 9.47 Å². The summed E-state index contributed by atoms with van der Waals surface area (Å²) in [5.74, 6) is -3.13. The van der Waals surface area contributed by atoms with Crippen molar-refractivity contribution in [3.05, 3.63) is 42.2 Å². The number of fused-ring (bicyclic) bond motifs is 5. The number of carbonyl (C=O) groups excluding carboxylic acids is 3. The van der Waals surface area contributed by atoms with Gasteiger partial charge in [-0.2, -0.15) is 0 Å². The fraction of sp³-hybridized carbons (Fsp3) is 0.353. The van der Waals surface area contributed by atoms with Crippen molar-refractivity contribution < 1.29 is 28.2 Å². The van der Waals surface area contributed by atoms with Gasteiger partial charge in [-0.3, -0.25) is 14.4 Å². The average Bonchev–Trinajstić information content (AvgIpc) is 3.18. The second-order valence-electron chi connectivity index (χ2n) is 6.17. The zero-order chi connectivity index (χ0) is 17.1. The maximum absolute atomic E-state index is 13.1. The van der Waals surface area contributed by atoms with Crippen molar-refractivity contribution in [2.45, 2.75) is 18.6 Å². The van der Waals surface area contributed by atoms with Crippen molar-refractivity contribution in [3.63, 3.8) is 0 Å². The lowest BCUT2D eigenvalue weighted by atomic mass is 9.77. The van der Waals surface area contributed by atoms with E-state index in [0.717, 1.165) is 4.90 Å². The highest BCUT2D eigenvalue weighted by Gasteiger charge is 2.68. The number of nitrogens with zero attached hydrogens (tertiary/aromatic N) is 1. The number of anilines is 1. The molecule has 2 saturated heterocycles. The van der Waals surface area contributed by atoms with E-state index in [-0.39, 0.29) is 12.5 Å². The molecule has 3 aliphatic rings. The monoisotopic (exact) mass is 331 g/mol. The molecule has 2 fully saturated rings. The fourth-order valence-electron chi connectivity index (χ4n) is 3.73. The van der Waals surface area contributed by atoms with Crippen LogP contribution in [0, 0.1) is 17.7 Å². The summed E-state index contributed by atoms with van der Waals surface area (Å²) in [5.41, 5.74) is -0.787. The Bertz CT molecular complexity index is 774. The first-order valence-corrected chi connectivity index (χ1v) is 7.57. The number of hydrogen-bond donors (Lipinski definition) is 0. The molecule has 0 unspecified atom stereocenters. The summed E-state index contributed by atoms with van der Waals surface area (Å²) < 4.78 is 24.0. The first-order valence-electron chi connectivity index (χ1n) is 7.57. The summed E-state index contributed by atoms with van der Waals surface area (Å²) >= 11 is 0. The van der Waals surface area contributed by atoms with Crippen molar-refractivity contribution in [1.82, 2.24) is 0 Å². The molecule has 4 rings (SSSR count).